The van der Waals surface area contributed by atoms with Crippen molar-refractivity contribution in [2.45, 2.75) is 17.4 Å². The Hall–Kier alpha value is -1.67. The number of hydrogen-bond donors (Lipinski definition) is 3. The minimum absolute atomic E-state index is 0.167. The zero-order valence-corrected chi connectivity index (χ0v) is 10.3. The molecule has 0 saturated carbocycles. The Morgan fingerprint density at radius 2 is 2.33 bits per heavy atom. The maximum atomic E-state index is 11.0. The van der Waals surface area contributed by atoms with Crippen molar-refractivity contribution in [1.29, 1.82) is 0 Å². The average Bonchev–Trinajstić information content (AvgIpc) is 2.86. The van der Waals surface area contributed by atoms with Crippen LogP contribution in [0.3, 0.4) is 0 Å². The topological polar surface area (TPSA) is 105 Å². The highest BCUT2D eigenvalue weighted by Crippen LogP contribution is 2.25. The highest BCUT2D eigenvalue weighted by atomic mass is 32.2. The number of carbonyl (C=O) groups is 1. The van der Waals surface area contributed by atoms with E-state index < -0.39 is 29.7 Å². The Morgan fingerprint density at radius 1 is 1.61 bits per heavy atom. The van der Waals surface area contributed by atoms with Crippen LogP contribution in [0.15, 0.2) is 29.1 Å². The predicted octanol–water partition coefficient (Wildman–Crippen LogP) is 0.126. The van der Waals surface area contributed by atoms with E-state index in [-0.39, 0.29) is 5.75 Å². The Kier molecular flexibility index (Phi) is 3.48. The van der Waals surface area contributed by atoms with Crippen LogP contribution in [0.1, 0.15) is 0 Å². The molecule has 0 radical (unpaired) electrons. The van der Waals surface area contributed by atoms with Gasteiger partial charge in [0, 0.05) is 25.2 Å². The third-order valence-corrected chi connectivity index (χ3v) is 3.61. The van der Waals surface area contributed by atoms with Gasteiger partial charge in [-0.15, -0.1) is 0 Å². The van der Waals surface area contributed by atoms with Crippen molar-refractivity contribution in [1.82, 2.24) is 9.55 Å². The molecule has 0 unspecified atom stereocenters. The molecule has 0 saturated heterocycles. The summed E-state index contributed by atoms with van der Waals surface area (Å²) >= 11 is 1.25. The summed E-state index contributed by atoms with van der Waals surface area (Å²) in [4.78, 5) is 15.0. The number of aromatic nitrogens is 2. The lowest BCUT2D eigenvalue weighted by Crippen LogP contribution is -2.30. The van der Waals surface area contributed by atoms with E-state index in [1.54, 1.807) is 24.0 Å². The van der Waals surface area contributed by atoms with E-state index >= 15 is 0 Å². The molecule has 1 aromatic heterocycles. The Balaban J connectivity index is 1.96. The van der Waals surface area contributed by atoms with Crippen LogP contribution in [0.4, 0.5) is 0 Å². The molecule has 0 fully saturated rings. The second-order valence-corrected chi connectivity index (χ2v) is 4.75. The van der Waals surface area contributed by atoms with Gasteiger partial charge in [-0.25, -0.2) is 9.78 Å². The fourth-order valence-electron chi connectivity index (χ4n) is 1.47. The van der Waals surface area contributed by atoms with Gasteiger partial charge in [-0.2, -0.15) is 0 Å². The first-order chi connectivity index (χ1) is 8.50. The molecule has 0 aromatic carbocycles. The molecular weight excluding hydrogens is 260 g/mol. The number of hydrogen-bond acceptors (Lipinski definition) is 7. The summed E-state index contributed by atoms with van der Waals surface area (Å²) in [6.07, 6.45) is 1.03. The Bertz CT molecular complexity index is 498. The van der Waals surface area contributed by atoms with Crippen molar-refractivity contribution in [3.8, 4) is 0 Å². The second kappa shape index (κ2) is 4.91. The molecule has 98 valence electrons. The van der Waals surface area contributed by atoms with Crippen molar-refractivity contribution in [3.05, 3.63) is 23.9 Å². The van der Waals surface area contributed by atoms with Crippen LogP contribution >= 0.6 is 11.8 Å². The first kappa shape index (κ1) is 12.8. The number of ether oxygens (including phenoxy) is 1. The summed E-state index contributed by atoms with van der Waals surface area (Å²) in [6.45, 7) is 0. The molecule has 2 rings (SSSR count). The van der Waals surface area contributed by atoms with Crippen LogP contribution in [0.25, 0.3) is 0 Å². The summed E-state index contributed by atoms with van der Waals surface area (Å²) in [5, 5.41) is 29.0. The quantitative estimate of drug-likeness (QED) is 0.528. The molecule has 1 aromatic rings. The lowest BCUT2D eigenvalue weighted by Gasteiger charge is -2.16. The van der Waals surface area contributed by atoms with Gasteiger partial charge in [-0.3, -0.25) is 0 Å². The fourth-order valence-corrected chi connectivity index (χ4v) is 2.36. The molecule has 0 amide bonds. The lowest BCUT2D eigenvalue weighted by molar-refractivity contribution is -0.146. The van der Waals surface area contributed by atoms with E-state index in [4.69, 9.17) is 5.11 Å². The summed E-state index contributed by atoms with van der Waals surface area (Å²) in [7, 11) is 1.81. The molecule has 0 aliphatic carbocycles. The van der Waals surface area contributed by atoms with E-state index in [9.17, 15) is 15.0 Å². The normalized spacial score (nSPS) is 21.2. The van der Waals surface area contributed by atoms with Crippen molar-refractivity contribution >= 4 is 17.7 Å². The van der Waals surface area contributed by atoms with E-state index in [1.165, 1.54) is 11.8 Å². The van der Waals surface area contributed by atoms with Crippen LogP contribution < -0.4 is 0 Å². The number of imidazole rings is 1. The van der Waals surface area contributed by atoms with Crippen LogP contribution in [0, 0.1) is 0 Å². The molecule has 7 nitrogen and oxygen atoms in total. The SMILES string of the molecule is Cn1ccnc1SC[C@H](O)[C@H]1OC(=O)C(O)=C1O. The number of nitrogens with zero attached hydrogens (tertiary/aromatic N) is 2. The van der Waals surface area contributed by atoms with Gasteiger partial charge in [0.2, 0.25) is 5.76 Å². The first-order valence-corrected chi connectivity index (χ1v) is 6.10. The van der Waals surface area contributed by atoms with E-state index in [1.807, 2.05) is 0 Å². The number of aliphatic hydroxyl groups excluding tert-OH is 3. The zero-order valence-electron chi connectivity index (χ0n) is 9.48. The number of cyclic esters (lactones) is 1. The Labute approximate surface area is 107 Å². The van der Waals surface area contributed by atoms with E-state index in [0.29, 0.717) is 5.16 Å². The minimum Gasteiger partial charge on any atom is -0.505 e. The van der Waals surface area contributed by atoms with Crippen LogP contribution in [0.2, 0.25) is 0 Å². The summed E-state index contributed by atoms with van der Waals surface area (Å²) in [5.41, 5.74) is 0. The molecule has 1 aliphatic heterocycles. The lowest BCUT2D eigenvalue weighted by atomic mass is 10.2. The minimum atomic E-state index is -1.22. The molecule has 0 spiro atoms. The van der Waals surface area contributed by atoms with Gasteiger partial charge >= 0.3 is 5.97 Å². The summed E-state index contributed by atoms with van der Waals surface area (Å²) in [6, 6.07) is 0. The smallest absolute Gasteiger partial charge is 0.377 e. The van der Waals surface area contributed by atoms with E-state index in [2.05, 4.69) is 9.72 Å². The van der Waals surface area contributed by atoms with E-state index in [0.717, 1.165) is 0 Å². The molecular formula is C10H12N2O5S. The third-order valence-electron chi connectivity index (χ3n) is 2.45. The fraction of sp³-hybridized carbons (Fsp3) is 0.400. The van der Waals surface area contributed by atoms with Crippen LogP contribution in [-0.2, 0) is 16.6 Å². The van der Waals surface area contributed by atoms with Gasteiger partial charge in [0.25, 0.3) is 0 Å². The molecule has 2 heterocycles. The third kappa shape index (κ3) is 2.29. The largest absolute Gasteiger partial charge is 0.505 e. The van der Waals surface area contributed by atoms with Gasteiger partial charge in [-0.05, 0) is 0 Å². The zero-order chi connectivity index (χ0) is 13.3. The summed E-state index contributed by atoms with van der Waals surface area (Å²) < 4.78 is 6.41. The number of aryl methyl sites for hydroxylation is 1. The molecule has 1 aliphatic rings. The van der Waals surface area contributed by atoms with Gasteiger partial charge in [-0.1, -0.05) is 11.8 Å². The monoisotopic (exact) mass is 272 g/mol. The number of esters is 1. The molecule has 0 bridgehead atoms. The van der Waals surface area contributed by atoms with Crippen molar-refractivity contribution in [2.24, 2.45) is 7.05 Å². The van der Waals surface area contributed by atoms with Gasteiger partial charge in [0.1, 0.15) is 6.10 Å². The van der Waals surface area contributed by atoms with Gasteiger partial charge < -0.3 is 24.6 Å². The highest BCUT2D eigenvalue weighted by molar-refractivity contribution is 7.99. The summed E-state index contributed by atoms with van der Waals surface area (Å²) in [5.74, 6) is -2.34. The van der Waals surface area contributed by atoms with Gasteiger partial charge in [0.15, 0.2) is 17.0 Å². The molecule has 3 N–H and O–H groups in total. The highest BCUT2D eigenvalue weighted by Gasteiger charge is 2.39. The number of aliphatic hydroxyl groups is 3. The number of carbonyl (C=O) groups excluding carboxylic acids is 1. The second-order valence-electron chi connectivity index (χ2n) is 3.76. The maximum absolute atomic E-state index is 11.0. The Morgan fingerprint density at radius 3 is 2.83 bits per heavy atom. The molecule has 2 atom stereocenters. The standard InChI is InChI=1S/C10H12N2O5S/c1-12-3-2-11-10(12)18-4-5(13)8-6(14)7(15)9(16)17-8/h2-3,5,8,13-15H,4H2,1H3/t5-,8+/m0/s1. The van der Waals surface area contributed by atoms with Crippen molar-refractivity contribution in [2.75, 3.05) is 5.75 Å². The number of rotatable bonds is 4. The molecule has 8 heteroatoms. The van der Waals surface area contributed by atoms with Crippen molar-refractivity contribution in [3.63, 3.8) is 0 Å². The van der Waals surface area contributed by atoms with Crippen molar-refractivity contribution < 1.29 is 24.9 Å². The predicted molar refractivity (Wildman–Crippen MR) is 62.1 cm³/mol. The van der Waals surface area contributed by atoms with Crippen LogP contribution in [-0.4, -0.2) is 48.8 Å². The number of thioether (sulfide) groups is 1. The molecule has 18 heavy (non-hydrogen) atoms. The average molecular weight is 272 g/mol. The van der Waals surface area contributed by atoms with Gasteiger partial charge in [0.05, 0.1) is 0 Å². The maximum Gasteiger partial charge on any atom is 0.377 e. The van der Waals surface area contributed by atoms with Crippen LogP contribution in [0.5, 0.6) is 0 Å². The first-order valence-electron chi connectivity index (χ1n) is 5.12.